The molecule has 0 aliphatic carbocycles. The lowest BCUT2D eigenvalue weighted by Crippen LogP contribution is -2.52. The van der Waals surface area contributed by atoms with Gasteiger partial charge in [-0.3, -0.25) is 19.3 Å². The van der Waals surface area contributed by atoms with Gasteiger partial charge >= 0.3 is 0 Å². The van der Waals surface area contributed by atoms with E-state index >= 15 is 0 Å². The van der Waals surface area contributed by atoms with Crippen LogP contribution in [0.3, 0.4) is 0 Å². The van der Waals surface area contributed by atoms with E-state index in [1.54, 1.807) is 23.1 Å². The molecule has 0 aromatic heterocycles. The SMILES string of the molecule is NC(=O)c1cccc(C(=O)N2CCN(C(=O)CN3CCCC3)CC2)c1. The van der Waals surface area contributed by atoms with Gasteiger partial charge in [0, 0.05) is 37.3 Å². The molecule has 7 heteroatoms. The van der Waals surface area contributed by atoms with Gasteiger partial charge in [0.15, 0.2) is 0 Å². The number of piperazine rings is 1. The van der Waals surface area contributed by atoms with Crippen LogP contribution in [0.2, 0.25) is 0 Å². The van der Waals surface area contributed by atoms with Crippen molar-refractivity contribution in [3.8, 4) is 0 Å². The largest absolute Gasteiger partial charge is 0.366 e. The number of hydrogen-bond acceptors (Lipinski definition) is 4. The topological polar surface area (TPSA) is 87.0 Å². The zero-order chi connectivity index (χ0) is 17.8. The van der Waals surface area contributed by atoms with Crippen LogP contribution in [0.1, 0.15) is 33.6 Å². The number of carbonyl (C=O) groups excluding carboxylic acids is 3. The summed E-state index contributed by atoms with van der Waals surface area (Å²) in [7, 11) is 0. The molecule has 2 saturated heterocycles. The first-order valence-electron chi connectivity index (χ1n) is 8.74. The van der Waals surface area contributed by atoms with Crippen LogP contribution in [-0.2, 0) is 4.79 Å². The van der Waals surface area contributed by atoms with Crippen molar-refractivity contribution in [3.05, 3.63) is 35.4 Å². The molecule has 0 unspecified atom stereocenters. The molecule has 0 radical (unpaired) electrons. The van der Waals surface area contributed by atoms with Crippen LogP contribution in [-0.4, -0.2) is 78.2 Å². The van der Waals surface area contributed by atoms with E-state index in [0.29, 0.717) is 43.9 Å². The molecule has 1 aromatic carbocycles. The molecular formula is C18H24N4O3. The van der Waals surface area contributed by atoms with Crippen LogP contribution in [0.15, 0.2) is 24.3 Å². The molecule has 7 nitrogen and oxygen atoms in total. The van der Waals surface area contributed by atoms with Crippen molar-refractivity contribution in [2.45, 2.75) is 12.8 Å². The Kier molecular flexibility index (Phi) is 5.33. The van der Waals surface area contributed by atoms with E-state index in [2.05, 4.69) is 4.90 Å². The molecule has 3 amide bonds. The summed E-state index contributed by atoms with van der Waals surface area (Å²) in [6, 6.07) is 6.45. The lowest BCUT2D eigenvalue weighted by Gasteiger charge is -2.35. The third kappa shape index (κ3) is 4.17. The summed E-state index contributed by atoms with van der Waals surface area (Å²) >= 11 is 0. The summed E-state index contributed by atoms with van der Waals surface area (Å²) in [6.07, 6.45) is 2.33. The number of nitrogens with zero attached hydrogens (tertiary/aromatic N) is 3. The molecule has 2 fully saturated rings. The number of primary amides is 1. The normalized spacial score (nSPS) is 18.4. The van der Waals surface area contributed by atoms with Gasteiger partial charge in [0.2, 0.25) is 11.8 Å². The Morgan fingerprint density at radius 2 is 1.48 bits per heavy atom. The zero-order valence-electron chi connectivity index (χ0n) is 14.3. The Labute approximate surface area is 147 Å². The van der Waals surface area contributed by atoms with E-state index in [0.717, 1.165) is 13.1 Å². The summed E-state index contributed by atoms with van der Waals surface area (Å²) in [5.74, 6) is -0.536. The van der Waals surface area contributed by atoms with Gasteiger partial charge in [0.1, 0.15) is 0 Å². The number of likely N-dealkylation sites (tertiary alicyclic amines) is 1. The molecule has 1 aromatic rings. The molecule has 0 bridgehead atoms. The first-order valence-corrected chi connectivity index (χ1v) is 8.74. The van der Waals surface area contributed by atoms with Crippen LogP contribution < -0.4 is 5.73 Å². The number of benzene rings is 1. The van der Waals surface area contributed by atoms with E-state index in [9.17, 15) is 14.4 Å². The molecule has 25 heavy (non-hydrogen) atoms. The lowest BCUT2D eigenvalue weighted by atomic mass is 10.1. The van der Waals surface area contributed by atoms with E-state index in [1.165, 1.54) is 18.9 Å². The van der Waals surface area contributed by atoms with Gasteiger partial charge in [0.05, 0.1) is 6.54 Å². The first kappa shape index (κ1) is 17.4. The van der Waals surface area contributed by atoms with Gasteiger partial charge < -0.3 is 15.5 Å². The number of rotatable bonds is 4. The van der Waals surface area contributed by atoms with E-state index in [1.807, 2.05) is 4.90 Å². The highest BCUT2D eigenvalue weighted by molar-refractivity contribution is 5.99. The Balaban J connectivity index is 1.54. The average Bonchev–Trinajstić information content (AvgIpc) is 3.14. The lowest BCUT2D eigenvalue weighted by molar-refractivity contribution is -0.133. The van der Waals surface area contributed by atoms with Crippen molar-refractivity contribution in [1.82, 2.24) is 14.7 Å². The third-order valence-corrected chi connectivity index (χ3v) is 4.87. The number of carbonyl (C=O) groups is 3. The Morgan fingerprint density at radius 1 is 0.880 bits per heavy atom. The second kappa shape index (κ2) is 7.65. The fourth-order valence-electron chi connectivity index (χ4n) is 3.38. The van der Waals surface area contributed by atoms with Crippen molar-refractivity contribution < 1.29 is 14.4 Å². The van der Waals surface area contributed by atoms with Gasteiger partial charge in [-0.15, -0.1) is 0 Å². The summed E-state index contributed by atoms with van der Waals surface area (Å²) in [6.45, 7) is 4.59. The van der Waals surface area contributed by atoms with E-state index in [-0.39, 0.29) is 11.8 Å². The molecule has 0 atom stereocenters. The zero-order valence-corrected chi connectivity index (χ0v) is 14.3. The van der Waals surface area contributed by atoms with Crippen LogP contribution in [0, 0.1) is 0 Å². The predicted octanol–water partition coefficient (Wildman–Crippen LogP) is 0.166. The molecule has 2 aliphatic heterocycles. The maximum absolute atomic E-state index is 12.6. The predicted molar refractivity (Wildman–Crippen MR) is 93.1 cm³/mol. The van der Waals surface area contributed by atoms with E-state index in [4.69, 9.17) is 5.73 Å². The van der Waals surface area contributed by atoms with Crippen molar-refractivity contribution in [2.24, 2.45) is 5.73 Å². The van der Waals surface area contributed by atoms with Gasteiger partial charge in [0.25, 0.3) is 5.91 Å². The maximum atomic E-state index is 12.6. The van der Waals surface area contributed by atoms with Gasteiger partial charge in [-0.2, -0.15) is 0 Å². The number of amides is 3. The molecule has 3 rings (SSSR count). The summed E-state index contributed by atoms with van der Waals surface area (Å²) in [5.41, 5.74) is 6.04. The Hall–Kier alpha value is -2.41. The van der Waals surface area contributed by atoms with Gasteiger partial charge in [-0.1, -0.05) is 6.07 Å². The van der Waals surface area contributed by atoms with Crippen LogP contribution in [0.5, 0.6) is 0 Å². The average molecular weight is 344 g/mol. The van der Waals surface area contributed by atoms with Crippen molar-refractivity contribution in [2.75, 3.05) is 45.8 Å². The highest BCUT2D eigenvalue weighted by atomic mass is 16.2. The van der Waals surface area contributed by atoms with Crippen LogP contribution in [0.4, 0.5) is 0 Å². The Morgan fingerprint density at radius 3 is 2.12 bits per heavy atom. The minimum atomic E-state index is -0.549. The molecule has 134 valence electrons. The smallest absolute Gasteiger partial charge is 0.253 e. The standard InChI is InChI=1S/C18H24N4O3/c19-17(24)14-4-3-5-15(12-14)18(25)22-10-8-21(9-11-22)16(23)13-20-6-1-2-7-20/h3-5,12H,1-2,6-11,13H2,(H2,19,24). The fraction of sp³-hybridized carbons (Fsp3) is 0.500. The number of hydrogen-bond donors (Lipinski definition) is 1. The minimum absolute atomic E-state index is 0.130. The van der Waals surface area contributed by atoms with E-state index < -0.39 is 5.91 Å². The summed E-state index contributed by atoms with van der Waals surface area (Å²) in [4.78, 5) is 41.9. The minimum Gasteiger partial charge on any atom is -0.366 e. The molecule has 2 heterocycles. The Bertz CT molecular complexity index is 662. The van der Waals surface area contributed by atoms with Crippen molar-refractivity contribution in [3.63, 3.8) is 0 Å². The molecule has 2 aliphatic rings. The highest BCUT2D eigenvalue weighted by Gasteiger charge is 2.26. The van der Waals surface area contributed by atoms with Crippen molar-refractivity contribution >= 4 is 17.7 Å². The summed E-state index contributed by atoms with van der Waals surface area (Å²) in [5, 5.41) is 0. The monoisotopic (exact) mass is 344 g/mol. The number of nitrogens with two attached hydrogens (primary N) is 1. The van der Waals surface area contributed by atoms with Crippen LogP contribution >= 0.6 is 0 Å². The third-order valence-electron chi connectivity index (χ3n) is 4.87. The first-order chi connectivity index (χ1) is 12.0. The van der Waals surface area contributed by atoms with Gasteiger partial charge in [-0.05, 0) is 44.1 Å². The van der Waals surface area contributed by atoms with Gasteiger partial charge in [-0.25, -0.2) is 0 Å². The molecule has 0 saturated carbocycles. The summed E-state index contributed by atoms with van der Waals surface area (Å²) < 4.78 is 0. The molecule has 0 spiro atoms. The fourth-order valence-corrected chi connectivity index (χ4v) is 3.38. The second-order valence-corrected chi connectivity index (χ2v) is 6.60. The van der Waals surface area contributed by atoms with Crippen LogP contribution in [0.25, 0.3) is 0 Å². The maximum Gasteiger partial charge on any atom is 0.253 e. The highest BCUT2D eigenvalue weighted by Crippen LogP contribution is 2.12. The second-order valence-electron chi connectivity index (χ2n) is 6.60. The quantitative estimate of drug-likeness (QED) is 0.843. The molecular weight excluding hydrogens is 320 g/mol. The molecule has 2 N–H and O–H groups in total. The van der Waals surface area contributed by atoms with Crippen molar-refractivity contribution in [1.29, 1.82) is 0 Å².